The molecule has 3 rings (SSSR count). The van der Waals surface area contributed by atoms with Gasteiger partial charge in [0.2, 0.25) is 0 Å². The number of aromatic nitrogens is 2. The molecule has 1 atom stereocenters. The van der Waals surface area contributed by atoms with E-state index >= 15 is 0 Å². The SMILES string of the molecule is CC1NCc2[nH]n(C3CCOCC3)c(=O)c21. The van der Waals surface area contributed by atoms with Crippen molar-refractivity contribution in [3.8, 4) is 0 Å². The maximum atomic E-state index is 12.2. The lowest BCUT2D eigenvalue weighted by Gasteiger charge is -2.22. The zero-order valence-electron chi connectivity index (χ0n) is 9.45. The minimum Gasteiger partial charge on any atom is -0.381 e. The van der Waals surface area contributed by atoms with Gasteiger partial charge in [-0.25, -0.2) is 4.68 Å². The molecule has 0 spiro atoms. The van der Waals surface area contributed by atoms with E-state index in [-0.39, 0.29) is 11.6 Å². The molecule has 0 amide bonds. The molecule has 0 bridgehead atoms. The minimum atomic E-state index is 0.152. The quantitative estimate of drug-likeness (QED) is 0.736. The Morgan fingerprint density at radius 1 is 1.38 bits per heavy atom. The molecule has 88 valence electrons. The molecule has 0 saturated carbocycles. The van der Waals surface area contributed by atoms with Gasteiger partial charge in [0.25, 0.3) is 5.56 Å². The number of aromatic amines is 1. The number of ether oxygens (including phenoxy) is 1. The highest BCUT2D eigenvalue weighted by molar-refractivity contribution is 5.25. The predicted octanol–water partition coefficient (Wildman–Crippen LogP) is 0.692. The summed E-state index contributed by atoms with van der Waals surface area (Å²) in [6, 6.07) is 0.471. The van der Waals surface area contributed by atoms with E-state index in [0.29, 0.717) is 6.04 Å². The summed E-state index contributed by atoms with van der Waals surface area (Å²) in [6.07, 6.45) is 1.86. The molecule has 5 nitrogen and oxygen atoms in total. The van der Waals surface area contributed by atoms with Crippen LogP contribution in [0.15, 0.2) is 4.79 Å². The second kappa shape index (κ2) is 3.75. The van der Waals surface area contributed by atoms with Gasteiger partial charge in [0.1, 0.15) is 0 Å². The normalized spacial score (nSPS) is 25.9. The Labute approximate surface area is 93.8 Å². The van der Waals surface area contributed by atoms with Gasteiger partial charge in [-0.1, -0.05) is 0 Å². The minimum absolute atomic E-state index is 0.152. The highest BCUT2D eigenvalue weighted by Crippen LogP contribution is 2.24. The Morgan fingerprint density at radius 2 is 2.12 bits per heavy atom. The number of hydrogen-bond donors (Lipinski definition) is 2. The first-order valence-corrected chi connectivity index (χ1v) is 5.92. The average molecular weight is 223 g/mol. The summed E-state index contributed by atoms with van der Waals surface area (Å²) in [5.41, 5.74) is 2.13. The fraction of sp³-hybridized carbons (Fsp3) is 0.727. The molecule has 1 aromatic heterocycles. The van der Waals surface area contributed by atoms with Gasteiger partial charge in [0, 0.05) is 25.8 Å². The van der Waals surface area contributed by atoms with E-state index < -0.39 is 0 Å². The van der Waals surface area contributed by atoms with Crippen molar-refractivity contribution in [1.82, 2.24) is 15.1 Å². The molecule has 2 aliphatic heterocycles. The Morgan fingerprint density at radius 3 is 2.81 bits per heavy atom. The molecule has 1 aromatic rings. The van der Waals surface area contributed by atoms with Crippen molar-refractivity contribution in [2.24, 2.45) is 0 Å². The molecule has 5 heteroatoms. The molecule has 3 heterocycles. The van der Waals surface area contributed by atoms with Crippen LogP contribution < -0.4 is 10.9 Å². The Hall–Kier alpha value is -1.07. The van der Waals surface area contributed by atoms with Crippen LogP contribution in [0.3, 0.4) is 0 Å². The van der Waals surface area contributed by atoms with Crippen molar-refractivity contribution in [3.63, 3.8) is 0 Å². The molecular formula is C11H17N3O2. The second-order valence-electron chi connectivity index (χ2n) is 4.63. The number of rotatable bonds is 1. The molecule has 1 fully saturated rings. The van der Waals surface area contributed by atoms with Crippen LogP contribution in [-0.2, 0) is 11.3 Å². The standard InChI is InChI=1S/C11H17N3O2/c1-7-10-9(6-12-7)13-14(11(10)15)8-2-4-16-5-3-8/h7-8,12-13H,2-6H2,1H3. The highest BCUT2D eigenvalue weighted by Gasteiger charge is 2.28. The van der Waals surface area contributed by atoms with Crippen LogP contribution in [0.5, 0.6) is 0 Å². The monoisotopic (exact) mass is 223 g/mol. The van der Waals surface area contributed by atoms with Gasteiger partial charge in [-0.15, -0.1) is 0 Å². The summed E-state index contributed by atoms with van der Waals surface area (Å²) < 4.78 is 7.13. The highest BCUT2D eigenvalue weighted by atomic mass is 16.5. The maximum Gasteiger partial charge on any atom is 0.271 e. The fourth-order valence-electron chi connectivity index (χ4n) is 2.65. The van der Waals surface area contributed by atoms with Crippen LogP contribution in [0, 0.1) is 0 Å². The maximum absolute atomic E-state index is 12.2. The van der Waals surface area contributed by atoms with Crippen LogP contribution in [0.1, 0.15) is 43.1 Å². The van der Waals surface area contributed by atoms with Crippen molar-refractivity contribution in [2.45, 2.75) is 38.4 Å². The average Bonchev–Trinajstić information content (AvgIpc) is 2.83. The van der Waals surface area contributed by atoms with E-state index in [2.05, 4.69) is 10.4 Å². The van der Waals surface area contributed by atoms with E-state index in [1.165, 1.54) is 0 Å². The summed E-state index contributed by atoms with van der Waals surface area (Å²) >= 11 is 0. The van der Waals surface area contributed by atoms with Gasteiger partial charge in [-0.05, 0) is 19.8 Å². The van der Waals surface area contributed by atoms with Crippen molar-refractivity contribution in [2.75, 3.05) is 13.2 Å². The van der Waals surface area contributed by atoms with E-state index in [1.54, 1.807) is 0 Å². The molecule has 2 N–H and O–H groups in total. The van der Waals surface area contributed by atoms with Crippen molar-refractivity contribution >= 4 is 0 Å². The Bertz CT molecular complexity index is 443. The largest absolute Gasteiger partial charge is 0.381 e. The van der Waals surface area contributed by atoms with Crippen LogP contribution in [0.4, 0.5) is 0 Å². The summed E-state index contributed by atoms with van der Waals surface area (Å²) in [6.45, 7) is 4.33. The molecular weight excluding hydrogens is 206 g/mol. The molecule has 0 aromatic carbocycles. The zero-order chi connectivity index (χ0) is 11.1. The Balaban J connectivity index is 1.97. The van der Waals surface area contributed by atoms with Crippen LogP contribution in [-0.4, -0.2) is 23.0 Å². The first-order chi connectivity index (χ1) is 7.77. The lowest BCUT2D eigenvalue weighted by atomic mass is 10.1. The summed E-state index contributed by atoms with van der Waals surface area (Å²) in [4.78, 5) is 12.2. The number of nitrogens with one attached hydrogen (secondary N) is 2. The van der Waals surface area contributed by atoms with Gasteiger partial charge in [0.05, 0.1) is 17.3 Å². The molecule has 1 saturated heterocycles. The third-order valence-electron chi connectivity index (χ3n) is 3.60. The summed E-state index contributed by atoms with van der Waals surface area (Å²) in [5.74, 6) is 0. The fourth-order valence-corrected chi connectivity index (χ4v) is 2.65. The third-order valence-corrected chi connectivity index (χ3v) is 3.60. The first-order valence-electron chi connectivity index (χ1n) is 5.92. The molecule has 1 unspecified atom stereocenters. The lowest BCUT2D eigenvalue weighted by Crippen LogP contribution is -2.30. The number of fused-ring (bicyclic) bond motifs is 1. The number of nitrogens with zero attached hydrogens (tertiary/aromatic N) is 1. The Kier molecular flexibility index (Phi) is 2.37. The molecule has 0 aliphatic carbocycles. The first kappa shape index (κ1) is 10.1. The summed E-state index contributed by atoms with van der Waals surface area (Å²) in [5, 5.41) is 6.51. The second-order valence-corrected chi connectivity index (χ2v) is 4.63. The smallest absolute Gasteiger partial charge is 0.271 e. The van der Waals surface area contributed by atoms with E-state index in [4.69, 9.17) is 4.74 Å². The van der Waals surface area contributed by atoms with Gasteiger partial charge in [-0.2, -0.15) is 0 Å². The van der Waals surface area contributed by atoms with E-state index in [1.807, 2.05) is 11.6 Å². The van der Waals surface area contributed by atoms with Gasteiger partial charge < -0.3 is 10.1 Å². The van der Waals surface area contributed by atoms with Gasteiger partial charge >= 0.3 is 0 Å². The molecule has 0 radical (unpaired) electrons. The topological polar surface area (TPSA) is 59.1 Å². The zero-order valence-corrected chi connectivity index (χ0v) is 9.45. The van der Waals surface area contributed by atoms with Gasteiger partial charge in [0.15, 0.2) is 0 Å². The van der Waals surface area contributed by atoms with E-state index in [0.717, 1.165) is 43.9 Å². The van der Waals surface area contributed by atoms with Crippen LogP contribution in [0.25, 0.3) is 0 Å². The lowest BCUT2D eigenvalue weighted by molar-refractivity contribution is 0.0651. The van der Waals surface area contributed by atoms with Crippen molar-refractivity contribution in [3.05, 3.63) is 21.6 Å². The number of hydrogen-bond acceptors (Lipinski definition) is 3. The number of H-pyrrole nitrogens is 1. The van der Waals surface area contributed by atoms with Crippen molar-refractivity contribution in [1.29, 1.82) is 0 Å². The van der Waals surface area contributed by atoms with Gasteiger partial charge in [-0.3, -0.25) is 9.89 Å². The van der Waals surface area contributed by atoms with E-state index in [9.17, 15) is 4.79 Å². The molecule has 2 aliphatic rings. The predicted molar refractivity (Wildman–Crippen MR) is 59.4 cm³/mol. The third kappa shape index (κ3) is 1.43. The summed E-state index contributed by atoms with van der Waals surface area (Å²) in [7, 11) is 0. The van der Waals surface area contributed by atoms with Crippen molar-refractivity contribution < 1.29 is 4.74 Å². The van der Waals surface area contributed by atoms with Crippen LogP contribution in [0.2, 0.25) is 0 Å². The molecule has 16 heavy (non-hydrogen) atoms. The van der Waals surface area contributed by atoms with Crippen LogP contribution >= 0.6 is 0 Å².